The van der Waals surface area contributed by atoms with E-state index in [9.17, 15) is 4.79 Å². The summed E-state index contributed by atoms with van der Waals surface area (Å²) in [6, 6.07) is 5.93. The quantitative estimate of drug-likeness (QED) is 0.862. The number of ether oxygens (including phenoxy) is 1. The van der Waals surface area contributed by atoms with E-state index >= 15 is 0 Å². The van der Waals surface area contributed by atoms with E-state index in [1.165, 1.54) is 6.39 Å². The molecule has 0 bridgehead atoms. The van der Waals surface area contributed by atoms with E-state index in [1.807, 2.05) is 18.2 Å². The number of nitrogens with one attached hydrogen (secondary N) is 2. The Labute approximate surface area is 121 Å². The molecule has 0 aliphatic carbocycles. The molecule has 0 spiro atoms. The summed E-state index contributed by atoms with van der Waals surface area (Å²) in [4.78, 5) is 15.3. The number of carbonyl (C=O) groups excluding carboxylic acids is 1. The third-order valence-electron chi connectivity index (χ3n) is 3.34. The van der Waals surface area contributed by atoms with Crippen LogP contribution in [0.5, 0.6) is 5.75 Å². The molecule has 1 aromatic carbocycles. The highest BCUT2D eigenvalue weighted by Gasteiger charge is 2.17. The maximum Gasteiger partial charge on any atom is 0.262 e. The van der Waals surface area contributed by atoms with Crippen LogP contribution in [0.4, 0.5) is 5.69 Å². The van der Waals surface area contributed by atoms with Crippen molar-refractivity contribution in [2.45, 2.75) is 19.4 Å². The summed E-state index contributed by atoms with van der Waals surface area (Å²) < 4.78 is 10.0. The van der Waals surface area contributed by atoms with Gasteiger partial charge in [-0.15, -0.1) is 0 Å². The average molecular weight is 288 g/mol. The summed E-state index contributed by atoms with van der Waals surface area (Å²) in [7, 11) is 0. The fourth-order valence-electron chi connectivity index (χ4n) is 2.19. The van der Waals surface area contributed by atoms with E-state index in [0.29, 0.717) is 18.0 Å². The molecule has 0 fully saturated rings. The minimum atomic E-state index is -0.127. The molecule has 0 saturated heterocycles. The molecule has 1 aliphatic heterocycles. The second kappa shape index (κ2) is 5.92. The normalized spacial score (nSPS) is 15.0. The van der Waals surface area contributed by atoms with Crippen molar-refractivity contribution in [3.05, 3.63) is 36.0 Å². The number of benzene rings is 1. The second-order valence-electron chi connectivity index (χ2n) is 4.87. The summed E-state index contributed by atoms with van der Waals surface area (Å²) in [5.74, 6) is 1.26. The SMILES string of the molecule is CC(NCCc1ncon1)c1ccc2c(c1)NC(=O)CO2. The molecule has 7 nitrogen and oxygen atoms in total. The van der Waals surface area contributed by atoms with Gasteiger partial charge >= 0.3 is 0 Å². The number of aromatic nitrogens is 2. The van der Waals surface area contributed by atoms with Gasteiger partial charge in [-0.3, -0.25) is 4.79 Å². The molecule has 1 amide bonds. The van der Waals surface area contributed by atoms with E-state index < -0.39 is 0 Å². The Morgan fingerprint density at radius 1 is 1.48 bits per heavy atom. The Hall–Kier alpha value is -2.41. The van der Waals surface area contributed by atoms with Gasteiger partial charge in [0.2, 0.25) is 6.39 Å². The lowest BCUT2D eigenvalue weighted by Gasteiger charge is -2.20. The smallest absolute Gasteiger partial charge is 0.262 e. The van der Waals surface area contributed by atoms with Crippen molar-refractivity contribution in [3.8, 4) is 5.75 Å². The lowest BCUT2D eigenvalue weighted by atomic mass is 10.1. The maximum atomic E-state index is 11.3. The highest BCUT2D eigenvalue weighted by Crippen LogP contribution is 2.30. The van der Waals surface area contributed by atoms with E-state index in [4.69, 9.17) is 4.74 Å². The lowest BCUT2D eigenvalue weighted by molar-refractivity contribution is -0.118. The second-order valence-corrected chi connectivity index (χ2v) is 4.87. The zero-order chi connectivity index (χ0) is 14.7. The molecule has 2 aromatic rings. The molecule has 1 atom stereocenters. The number of anilines is 1. The van der Waals surface area contributed by atoms with Gasteiger partial charge in [-0.1, -0.05) is 11.2 Å². The standard InChI is InChI=1S/C14H16N4O3/c1-9(15-5-4-13-16-8-21-18-13)10-2-3-12-11(6-10)17-14(19)7-20-12/h2-3,6,8-9,15H,4-5,7H2,1H3,(H,17,19). The summed E-state index contributed by atoms with van der Waals surface area (Å²) in [5, 5.41) is 9.95. The molecule has 1 aromatic heterocycles. The van der Waals surface area contributed by atoms with Gasteiger partial charge in [0.15, 0.2) is 12.4 Å². The number of rotatable bonds is 5. The Balaban J connectivity index is 1.60. The molecule has 0 radical (unpaired) electrons. The predicted molar refractivity (Wildman–Crippen MR) is 75.0 cm³/mol. The van der Waals surface area contributed by atoms with E-state index in [-0.39, 0.29) is 18.6 Å². The molecule has 2 heterocycles. The Kier molecular flexibility index (Phi) is 3.83. The fraction of sp³-hybridized carbons (Fsp3) is 0.357. The van der Waals surface area contributed by atoms with Crippen molar-refractivity contribution in [2.75, 3.05) is 18.5 Å². The molecule has 3 rings (SSSR count). The van der Waals surface area contributed by atoms with Gasteiger partial charge in [-0.05, 0) is 24.6 Å². The first-order valence-electron chi connectivity index (χ1n) is 6.77. The van der Waals surface area contributed by atoms with Crippen LogP contribution in [0.15, 0.2) is 29.1 Å². The average Bonchev–Trinajstić information content (AvgIpc) is 2.99. The lowest BCUT2D eigenvalue weighted by Crippen LogP contribution is -2.26. The Bertz CT molecular complexity index is 627. The number of hydrogen-bond donors (Lipinski definition) is 2. The Morgan fingerprint density at radius 2 is 2.38 bits per heavy atom. The molecule has 2 N–H and O–H groups in total. The van der Waals surface area contributed by atoms with E-state index in [1.54, 1.807) is 0 Å². The van der Waals surface area contributed by atoms with Crippen LogP contribution >= 0.6 is 0 Å². The van der Waals surface area contributed by atoms with Crippen LogP contribution in [-0.4, -0.2) is 29.2 Å². The molecule has 0 saturated carbocycles. The van der Waals surface area contributed by atoms with Crippen molar-refractivity contribution < 1.29 is 14.1 Å². The van der Waals surface area contributed by atoms with Crippen molar-refractivity contribution in [3.63, 3.8) is 0 Å². The summed E-state index contributed by atoms with van der Waals surface area (Å²) in [6.07, 6.45) is 2.02. The predicted octanol–water partition coefficient (Wildman–Crippen LogP) is 1.29. The van der Waals surface area contributed by atoms with Crippen molar-refractivity contribution in [2.24, 2.45) is 0 Å². The van der Waals surface area contributed by atoms with Crippen LogP contribution in [0.3, 0.4) is 0 Å². The van der Waals surface area contributed by atoms with Crippen LogP contribution < -0.4 is 15.4 Å². The molecule has 110 valence electrons. The van der Waals surface area contributed by atoms with Crippen LogP contribution in [0, 0.1) is 0 Å². The highest BCUT2D eigenvalue weighted by atomic mass is 16.5. The fourth-order valence-corrected chi connectivity index (χ4v) is 2.19. The van der Waals surface area contributed by atoms with Crippen LogP contribution in [0.25, 0.3) is 0 Å². The zero-order valence-corrected chi connectivity index (χ0v) is 11.6. The number of hydrogen-bond acceptors (Lipinski definition) is 6. The van der Waals surface area contributed by atoms with Crippen LogP contribution in [0.1, 0.15) is 24.4 Å². The van der Waals surface area contributed by atoms with Gasteiger partial charge in [-0.25, -0.2) is 0 Å². The highest BCUT2D eigenvalue weighted by molar-refractivity contribution is 5.95. The van der Waals surface area contributed by atoms with Crippen molar-refractivity contribution >= 4 is 11.6 Å². The third-order valence-corrected chi connectivity index (χ3v) is 3.34. The first-order chi connectivity index (χ1) is 10.2. The first-order valence-corrected chi connectivity index (χ1v) is 6.77. The minimum Gasteiger partial charge on any atom is -0.482 e. The summed E-state index contributed by atoms with van der Waals surface area (Å²) in [6.45, 7) is 2.87. The van der Waals surface area contributed by atoms with Crippen LogP contribution in [0.2, 0.25) is 0 Å². The molecule has 1 aliphatic rings. The Morgan fingerprint density at radius 3 is 3.19 bits per heavy atom. The largest absolute Gasteiger partial charge is 0.482 e. The monoisotopic (exact) mass is 288 g/mol. The number of fused-ring (bicyclic) bond motifs is 1. The topological polar surface area (TPSA) is 89.3 Å². The molecular weight excluding hydrogens is 272 g/mol. The third kappa shape index (κ3) is 3.19. The summed E-state index contributed by atoms with van der Waals surface area (Å²) in [5.41, 5.74) is 1.79. The van der Waals surface area contributed by atoms with Crippen molar-refractivity contribution in [1.82, 2.24) is 15.5 Å². The molecule has 1 unspecified atom stereocenters. The molecule has 21 heavy (non-hydrogen) atoms. The van der Waals surface area contributed by atoms with Gasteiger partial charge in [0.1, 0.15) is 5.75 Å². The number of nitrogens with zero attached hydrogens (tertiary/aromatic N) is 2. The minimum absolute atomic E-state index is 0.0743. The first kappa shape index (κ1) is 13.6. The number of carbonyl (C=O) groups is 1. The molecular formula is C14H16N4O3. The summed E-state index contributed by atoms with van der Waals surface area (Å²) >= 11 is 0. The molecule has 7 heteroatoms. The van der Waals surface area contributed by atoms with Gasteiger partial charge in [-0.2, -0.15) is 4.98 Å². The van der Waals surface area contributed by atoms with Gasteiger partial charge in [0.25, 0.3) is 5.91 Å². The van der Waals surface area contributed by atoms with Gasteiger partial charge in [0, 0.05) is 19.0 Å². The van der Waals surface area contributed by atoms with Gasteiger partial charge in [0.05, 0.1) is 5.69 Å². The maximum absolute atomic E-state index is 11.3. The van der Waals surface area contributed by atoms with Crippen molar-refractivity contribution in [1.29, 1.82) is 0 Å². The zero-order valence-electron chi connectivity index (χ0n) is 11.6. The number of amides is 1. The van der Waals surface area contributed by atoms with Crippen LogP contribution in [-0.2, 0) is 11.2 Å². The van der Waals surface area contributed by atoms with Gasteiger partial charge < -0.3 is 19.9 Å². The van der Waals surface area contributed by atoms with E-state index in [0.717, 1.165) is 17.8 Å². The van der Waals surface area contributed by atoms with E-state index in [2.05, 4.69) is 32.2 Å².